The Morgan fingerprint density at radius 2 is 2.09 bits per heavy atom. The quantitative estimate of drug-likeness (QED) is 0.685. The number of H-pyrrole nitrogens is 1. The van der Waals surface area contributed by atoms with Gasteiger partial charge in [-0.05, 0) is 36.1 Å². The van der Waals surface area contributed by atoms with Crippen LogP contribution < -0.4 is 10.6 Å². The molecule has 4 N–H and O–H groups in total. The summed E-state index contributed by atoms with van der Waals surface area (Å²) in [6, 6.07) is 6.32. The van der Waals surface area contributed by atoms with Gasteiger partial charge in [-0.2, -0.15) is 5.10 Å². The lowest BCUT2D eigenvalue weighted by Crippen LogP contribution is -2.44. The average molecular weight is 314 g/mol. The fourth-order valence-electron chi connectivity index (χ4n) is 2.72. The van der Waals surface area contributed by atoms with Crippen LogP contribution in [0.1, 0.15) is 33.6 Å². The van der Waals surface area contributed by atoms with Crippen molar-refractivity contribution in [1.82, 2.24) is 20.8 Å². The molecule has 1 heterocycles. The van der Waals surface area contributed by atoms with Crippen molar-refractivity contribution < 1.29 is 14.7 Å². The van der Waals surface area contributed by atoms with Crippen molar-refractivity contribution in [3.05, 3.63) is 52.8 Å². The van der Waals surface area contributed by atoms with Gasteiger partial charge in [-0.3, -0.25) is 5.10 Å². The van der Waals surface area contributed by atoms with E-state index in [0.717, 1.165) is 30.5 Å². The highest BCUT2D eigenvalue weighted by Crippen LogP contribution is 2.18. The van der Waals surface area contributed by atoms with E-state index in [1.54, 1.807) is 12.1 Å². The van der Waals surface area contributed by atoms with Gasteiger partial charge in [0.2, 0.25) is 0 Å². The number of aromatic amines is 1. The molecule has 1 unspecified atom stereocenters. The van der Waals surface area contributed by atoms with Gasteiger partial charge in [0.15, 0.2) is 0 Å². The largest absolute Gasteiger partial charge is 0.478 e. The summed E-state index contributed by atoms with van der Waals surface area (Å²) in [5.74, 6) is -0.960. The zero-order valence-electron chi connectivity index (χ0n) is 12.5. The zero-order chi connectivity index (χ0) is 16.2. The smallest absolute Gasteiger partial charge is 0.335 e. The Balaban J connectivity index is 1.47. The van der Waals surface area contributed by atoms with E-state index in [-0.39, 0.29) is 17.6 Å². The third kappa shape index (κ3) is 3.68. The van der Waals surface area contributed by atoms with Crippen LogP contribution in [-0.4, -0.2) is 33.3 Å². The van der Waals surface area contributed by atoms with Crippen molar-refractivity contribution >= 4 is 12.0 Å². The first-order valence-electron chi connectivity index (χ1n) is 7.49. The minimum absolute atomic E-state index is 0.0948. The Labute approximate surface area is 133 Å². The highest BCUT2D eigenvalue weighted by atomic mass is 16.4. The van der Waals surface area contributed by atoms with Gasteiger partial charge in [-0.15, -0.1) is 0 Å². The Hall–Kier alpha value is -2.83. The molecule has 7 heteroatoms. The lowest BCUT2D eigenvalue weighted by molar-refractivity contribution is 0.0697. The van der Waals surface area contributed by atoms with E-state index in [1.807, 2.05) is 6.20 Å². The number of nitrogens with zero attached hydrogens (tertiary/aromatic N) is 1. The zero-order valence-corrected chi connectivity index (χ0v) is 12.5. The molecule has 0 saturated carbocycles. The first-order valence-corrected chi connectivity index (χ1v) is 7.49. The van der Waals surface area contributed by atoms with Gasteiger partial charge in [0.25, 0.3) is 0 Å². The number of carboxylic acid groups (broad SMARTS) is 1. The molecule has 0 fully saturated rings. The van der Waals surface area contributed by atoms with Crippen molar-refractivity contribution in [1.29, 1.82) is 0 Å². The van der Waals surface area contributed by atoms with Crippen LogP contribution in [0, 0.1) is 0 Å². The van der Waals surface area contributed by atoms with Crippen LogP contribution in [0.2, 0.25) is 0 Å². The number of amides is 2. The molecule has 2 aromatic rings. The van der Waals surface area contributed by atoms with E-state index in [1.165, 1.54) is 17.7 Å². The molecule has 1 aromatic carbocycles. The number of benzene rings is 1. The van der Waals surface area contributed by atoms with Crippen molar-refractivity contribution in [2.45, 2.75) is 31.8 Å². The fraction of sp³-hybridized carbons (Fsp3) is 0.312. The Kier molecular flexibility index (Phi) is 4.27. The minimum atomic E-state index is -0.960. The molecule has 23 heavy (non-hydrogen) atoms. The van der Waals surface area contributed by atoms with Crippen molar-refractivity contribution in [2.75, 3.05) is 0 Å². The minimum Gasteiger partial charge on any atom is -0.478 e. The summed E-state index contributed by atoms with van der Waals surface area (Å²) in [6.45, 7) is 0.355. The highest BCUT2D eigenvalue weighted by molar-refractivity contribution is 5.87. The van der Waals surface area contributed by atoms with E-state index < -0.39 is 5.97 Å². The summed E-state index contributed by atoms with van der Waals surface area (Å²) >= 11 is 0. The summed E-state index contributed by atoms with van der Waals surface area (Å²) in [7, 11) is 0. The SMILES string of the molecule is O=C(NCc1ccc(C(=O)O)cc1)NC1CCc2cn[nH]c2C1. The molecule has 0 bridgehead atoms. The van der Waals surface area contributed by atoms with E-state index in [0.29, 0.717) is 6.54 Å². The Bertz CT molecular complexity index is 708. The van der Waals surface area contributed by atoms with Crippen LogP contribution in [0.5, 0.6) is 0 Å². The number of aromatic nitrogens is 2. The number of fused-ring (bicyclic) bond motifs is 1. The van der Waals surface area contributed by atoms with Gasteiger partial charge >= 0.3 is 12.0 Å². The fourth-order valence-corrected chi connectivity index (χ4v) is 2.72. The second-order valence-electron chi connectivity index (χ2n) is 5.64. The summed E-state index contributed by atoms with van der Waals surface area (Å²) in [6.07, 6.45) is 4.41. The van der Waals surface area contributed by atoms with E-state index in [2.05, 4.69) is 20.8 Å². The molecule has 0 spiro atoms. The van der Waals surface area contributed by atoms with Crippen LogP contribution in [0.3, 0.4) is 0 Å². The molecule has 1 aliphatic carbocycles. The van der Waals surface area contributed by atoms with E-state index >= 15 is 0 Å². The lowest BCUT2D eigenvalue weighted by Gasteiger charge is -2.22. The molecular weight excluding hydrogens is 296 g/mol. The molecule has 1 atom stereocenters. The van der Waals surface area contributed by atoms with Gasteiger partial charge in [0, 0.05) is 24.7 Å². The van der Waals surface area contributed by atoms with Gasteiger partial charge in [-0.1, -0.05) is 12.1 Å². The highest BCUT2D eigenvalue weighted by Gasteiger charge is 2.21. The van der Waals surface area contributed by atoms with Crippen molar-refractivity contribution in [3.63, 3.8) is 0 Å². The molecule has 120 valence electrons. The molecule has 0 aliphatic heterocycles. The number of urea groups is 1. The van der Waals surface area contributed by atoms with Gasteiger partial charge in [0.1, 0.15) is 0 Å². The molecule has 2 amide bonds. The second-order valence-corrected chi connectivity index (χ2v) is 5.64. The Morgan fingerprint density at radius 1 is 1.30 bits per heavy atom. The number of carbonyl (C=O) groups excluding carboxylic acids is 1. The number of hydrogen-bond acceptors (Lipinski definition) is 3. The van der Waals surface area contributed by atoms with E-state index in [4.69, 9.17) is 5.11 Å². The van der Waals surface area contributed by atoms with Crippen LogP contribution in [0.4, 0.5) is 4.79 Å². The van der Waals surface area contributed by atoms with Gasteiger partial charge in [-0.25, -0.2) is 9.59 Å². The molecule has 0 radical (unpaired) electrons. The number of aromatic carboxylic acids is 1. The standard InChI is InChI=1S/C16H18N4O3/c21-15(22)11-3-1-10(2-4-11)8-17-16(23)19-13-6-5-12-9-18-20-14(12)7-13/h1-4,9,13H,5-8H2,(H,18,20)(H,21,22)(H2,17,19,23). The van der Waals surface area contributed by atoms with E-state index in [9.17, 15) is 9.59 Å². The summed E-state index contributed by atoms with van der Waals surface area (Å²) in [5.41, 5.74) is 3.40. The number of hydrogen-bond donors (Lipinski definition) is 4. The summed E-state index contributed by atoms with van der Waals surface area (Å²) < 4.78 is 0. The van der Waals surface area contributed by atoms with Crippen LogP contribution in [0.15, 0.2) is 30.5 Å². The topological polar surface area (TPSA) is 107 Å². The monoisotopic (exact) mass is 314 g/mol. The molecule has 3 rings (SSSR count). The number of nitrogens with one attached hydrogen (secondary N) is 3. The molecule has 7 nitrogen and oxygen atoms in total. The number of carboxylic acids is 1. The molecular formula is C16H18N4O3. The van der Waals surface area contributed by atoms with Crippen LogP contribution >= 0.6 is 0 Å². The normalized spacial score (nSPS) is 16.4. The third-order valence-corrected chi connectivity index (χ3v) is 4.01. The maximum atomic E-state index is 12.0. The molecule has 1 aliphatic rings. The number of rotatable bonds is 4. The average Bonchev–Trinajstić information content (AvgIpc) is 3.01. The van der Waals surface area contributed by atoms with Gasteiger partial charge < -0.3 is 15.7 Å². The second kappa shape index (κ2) is 6.51. The Morgan fingerprint density at radius 3 is 2.83 bits per heavy atom. The number of carbonyl (C=O) groups is 2. The predicted molar refractivity (Wildman–Crippen MR) is 83.2 cm³/mol. The van der Waals surface area contributed by atoms with Crippen molar-refractivity contribution in [3.8, 4) is 0 Å². The summed E-state index contributed by atoms with van der Waals surface area (Å²) in [5, 5.41) is 21.6. The van der Waals surface area contributed by atoms with Crippen molar-refractivity contribution in [2.24, 2.45) is 0 Å². The number of aryl methyl sites for hydroxylation is 1. The first-order chi connectivity index (χ1) is 11.1. The van der Waals surface area contributed by atoms with Gasteiger partial charge in [0.05, 0.1) is 11.8 Å². The van der Waals surface area contributed by atoms with Crippen LogP contribution in [0.25, 0.3) is 0 Å². The maximum Gasteiger partial charge on any atom is 0.335 e. The lowest BCUT2D eigenvalue weighted by atomic mass is 9.94. The van der Waals surface area contributed by atoms with Crippen LogP contribution in [-0.2, 0) is 19.4 Å². The predicted octanol–water partition coefficient (Wildman–Crippen LogP) is 1.46. The molecule has 0 saturated heterocycles. The molecule has 1 aromatic heterocycles. The first kappa shape index (κ1) is 15.1. The summed E-state index contributed by atoms with van der Waals surface area (Å²) in [4.78, 5) is 22.7. The maximum absolute atomic E-state index is 12.0. The third-order valence-electron chi connectivity index (χ3n) is 4.01.